The van der Waals surface area contributed by atoms with Crippen LogP contribution in [0.15, 0.2) is 85.1 Å². The van der Waals surface area contributed by atoms with Crippen LogP contribution in [-0.2, 0) is 14.5 Å². The Labute approximate surface area is 213 Å². The van der Waals surface area contributed by atoms with Gasteiger partial charge in [0.25, 0.3) is 11.8 Å². The van der Waals surface area contributed by atoms with Crippen LogP contribution in [0.3, 0.4) is 0 Å². The zero-order valence-electron chi connectivity index (χ0n) is 20.3. The van der Waals surface area contributed by atoms with Gasteiger partial charge in [0.1, 0.15) is 5.82 Å². The molecule has 0 bridgehead atoms. The summed E-state index contributed by atoms with van der Waals surface area (Å²) < 4.78 is 0. The van der Waals surface area contributed by atoms with E-state index in [0.717, 1.165) is 16.0 Å². The van der Waals surface area contributed by atoms with Crippen molar-refractivity contribution in [1.29, 1.82) is 0 Å². The summed E-state index contributed by atoms with van der Waals surface area (Å²) in [6.45, 7) is 0. The number of aliphatic hydroxyl groups excluding tert-OH is 1. The Morgan fingerprint density at radius 1 is 0.973 bits per heavy atom. The first-order chi connectivity index (χ1) is 17.9. The van der Waals surface area contributed by atoms with Crippen LogP contribution < -0.4 is 21.6 Å². The molecule has 37 heavy (non-hydrogen) atoms. The van der Waals surface area contributed by atoms with Crippen molar-refractivity contribution in [2.24, 2.45) is 0 Å². The second-order valence-electron chi connectivity index (χ2n) is 8.10. The summed E-state index contributed by atoms with van der Waals surface area (Å²) in [5.74, 6) is -0.803. The maximum Gasteiger partial charge on any atom is 0.255 e. The van der Waals surface area contributed by atoms with Gasteiger partial charge in [0.2, 0.25) is 0 Å². The molecular formula is C27H27N5O5. The highest BCUT2D eigenvalue weighted by Crippen LogP contribution is 2.24. The molecule has 10 heteroatoms. The molecule has 0 aliphatic rings. The van der Waals surface area contributed by atoms with Crippen molar-refractivity contribution in [3.8, 4) is 0 Å². The summed E-state index contributed by atoms with van der Waals surface area (Å²) in [6, 6.07) is 21.2. The normalized spacial score (nSPS) is 12.5. The average Bonchev–Trinajstić information content (AvgIpc) is 2.92. The molecule has 2 atom stereocenters. The number of carbonyl (C=O) groups excluding carboxylic acids is 2. The SMILES string of the molecule is CON(OC)c1cccc(C(=O)NC(c2ccccc2)C(O)C(=O)Nc2ccc3c(N)nccc3c2)c1. The van der Waals surface area contributed by atoms with Crippen LogP contribution in [0.25, 0.3) is 10.8 Å². The van der Waals surface area contributed by atoms with Gasteiger partial charge in [-0.2, -0.15) is 0 Å². The Morgan fingerprint density at radius 2 is 1.73 bits per heavy atom. The number of amides is 2. The lowest BCUT2D eigenvalue weighted by molar-refractivity contribution is -0.125. The minimum Gasteiger partial charge on any atom is -0.383 e. The number of pyridine rings is 1. The van der Waals surface area contributed by atoms with Crippen LogP contribution in [0.1, 0.15) is 22.0 Å². The fraction of sp³-hybridized carbons (Fsp3) is 0.148. The first kappa shape index (κ1) is 25.6. The zero-order chi connectivity index (χ0) is 26.4. The molecule has 0 spiro atoms. The first-order valence-electron chi connectivity index (χ1n) is 11.4. The van der Waals surface area contributed by atoms with Crippen molar-refractivity contribution in [3.05, 3.63) is 96.2 Å². The molecule has 5 N–H and O–H groups in total. The van der Waals surface area contributed by atoms with E-state index >= 15 is 0 Å². The number of hydrogen-bond acceptors (Lipinski definition) is 8. The third kappa shape index (κ3) is 5.84. The van der Waals surface area contributed by atoms with Crippen LogP contribution >= 0.6 is 0 Å². The highest BCUT2D eigenvalue weighted by molar-refractivity contribution is 6.00. The quantitative estimate of drug-likeness (QED) is 0.257. The molecule has 1 aromatic heterocycles. The molecule has 0 saturated heterocycles. The van der Waals surface area contributed by atoms with Crippen molar-refractivity contribution in [3.63, 3.8) is 0 Å². The lowest BCUT2D eigenvalue weighted by Crippen LogP contribution is -2.42. The predicted molar refractivity (Wildman–Crippen MR) is 140 cm³/mol. The number of rotatable bonds is 9. The third-order valence-electron chi connectivity index (χ3n) is 5.74. The van der Waals surface area contributed by atoms with E-state index in [1.165, 1.54) is 14.2 Å². The van der Waals surface area contributed by atoms with Crippen molar-refractivity contribution in [2.75, 3.05) is 30.5 Å². The number of aromatic nitrogens is 1. The number of nitrogens with zero attached hydrogens (tertiary/aromatic N) is 2. The molecule has 3 aromatic carbocycles. The fourth-order valence-corrected chi connectivity index (χ4v) is 3.92. The van der Waals surface area contributed by atoms with Gasteiger partial charge >= 0.3 is 0 Å². The van der Waals surface area contributed by atoms with Crippen molar-refractivity contribution in [1.82, 2.24) is 10.3 Å². The molecule has 0 fully saturated rings. The molecule has 4 rings (SSSR count). The standard InChI is InChI=1S/C27H27N5O5/c1-36-32(37-2)21-10-6-9-19(16-21)26(34)31-23(17-7-4-3-5-8-17)24(33)27(35)30-20-11-12-22-18(15-20)13-14-29-25(22)28/h3-16,23-24,33H,1-2H3,(H2,28,29)(H,30,35)(H,31,34). The van der Waals surface area contributed by atoms with E-state index in [0.29, 0.717) is 22.8 Å². The zero-order valence-corrected chi connectivity index (χ0v) is 20.3. The van der Waals surface area contributed by atoms with Gasteiger partial charge in [-0.3, -0.25) is 19.3 Å². The van der Waals surface area contributed by atoms with Gasteiger partial charge in [-0.1, -0.05) is 36.4 Å². The van der Waals surface area contributed by atoms with Gasteiger partial charge in [-0.05, 0) is 53.4 Å². The lowest BCUT2D eigenvalue weighted by atomic mass is 9.99. The second kappa shape index (κ2) is 11.5. The molecule has 0 aliphatic carbocycles. The number of anilines is 3. The number of benzene rings is 3. The topological polar surface area (TPSA) is 139 Å². The highest BCUT2D eigenvalue weighted by atomic mass is 16.9. The number of aliphatic hydroxyl groups is 1. The smallest absolute Gasteiger partial charge is 0.255 e. The number of fused-ring (bicyclic) bond motifs is 1. The van der Waals surface area contributed by atoms with Gasteiger partial charge in [-0.15, -0.1) is 5.23 Å². The maximum absolute atomic E-state index is 13.2. The summed E-state index contributed by atoms with van der Waals surface area (Å²) >= 11 is 0. The third-order valence-corrected chi connectivity index (χ3v) is 5.74. The molecule has 0 aliphatic heterocycles. The van der Waals surface area contributed by atoms with Gasteiger partial charge in [0, 0.05) is 22.8 Å². The molecule has 2 unspecified atom stereocenters. The van der Waals surface area contributed by atoms with Crippen LogP contribution in [0.4, 0.5) is 17.2 Å². The molecule has 4 aromatic rings. The van der Waals surface area contributed by atoms with Crippen LogP contribution in [-0.4, -0.2) is 42.2 Å². The minimum absolute atomic E-state index is 0.283. The summed E-state index contributed by atoms with van der Waals surface area (Å²) in [7, 11) is 2.86. The Bertz CT molecular complexity index is 1390. The first-order valence-corrected chi connectivity index (χ1v) is 11.4. The number of nitrogens with two attached hydrogens (primary N) is 1. The van der Waals surface area contributed by atoms with E-state index < -0.39 is 24.0 Å². The maximum atomic E-state index is 13.2. The van der Waals surface area contributed by atoms with E-state index in [1.807, 2.05) is 0 Å². The van der Waals surface area contributed by atoms with Gasteiger partial charge < -0.3 is 21.5 Å². The Balaban J connectivity index is 1.57. The molecule has 0 saturated carbocycles. The van der Waals surface area contributed by atoms with E-state index in [9.17, 15) is 14.7 Å². The number of nitrogen functional groups attached to an aromatic ring is 1. The van der Waals surface area contributed by atoms with Crippen molar-refractivity contribution in [2.45, 2.75) is 12.1 Å². The van der Waals surface area contributed by atoms with Crippen LogP contribution in [0.5, 0.6) is 0 Å². The van der Waals surface area contributed by atoms with Gasteiger partial charge in [0.15, 0.2) is 6.10 Å². The second-order valence-corrected chi connectivity index (χ2v) is 8.10. The van der Waals surface area contributed by atoms with E-state index in [1.54, 1.807) is 85.1 Å². The van der Waals surface area contributed by atoms with Gasteiger partial charge in [0.05, 0.1) is 25.9 Å². The van der Waals surface area contributed by atoms with Gasteiger partial charge in [-0.25, -0.2) is 4.98 Å². The molecule has 10 nitrogen and oxygen atoms in total. The lowest BCUT2D eigenvalue weighted by Gasteiger charge is -2.24. The summed E-state index contributed by atoms with van der Waals surface area (Å²) in [6.07, 6.45) is -0.0192. The number of nitrogens with one attached hydrogen (secondary N) is 2. The van der Waals surface area contributed by atoms with Crippen molar-refractivity contribution >= 4 is 39.8 Å². The monoisotopic (exact) mass is 501 g/mol. The van der Waals surface area contributed by atoms with E-state index in [4.69, 9.17) is 15.4 Å². The number of hydrogen-bond donors (Lipinski definition) is 4. The van der Waals surface area contributed by atoms with Crippen molar-refractivity contribution < 1.29 is 24.4 Å². The predicted octanol–water partition coefficient (Wildman–Crippen LogP) is 3.22. The van der Waals surface area contributed by atoms with E-state index in [2.05, 4.69) is 15.6 Å². The van der Waals surface area contributed by atoms with Crippen LogP contribution in [0.2, 0.25) is 0 Å². The van der Waals surface area contributed by atoms with E-state index in [-0.39, 0.29) is 5.56 Å². The fourth-order valence-electron chi connectivity index (χ4n) is 3.92. The molecule has 2 amide bonds. The Hall–Kier alpha value is -4.51. The average molecular weight is 502 g/mol. The van der Waals surface area contributed by atoms with Crippen LogP contribution in [0, 0.1) is 0 Å². The Kier molecular flexibility index (Phi) is 7.94. The molecular weight excluding hydrogens is 474 g/mol. The molecule has 190 valence electrons. The summed E-state index contributed by atoms with van der Waals surface area (Å²) in [4.78, 5) is 40.5. The number of carbonyl (C=O) groups is 2. The summed E-state index contributed by atoms with van der Waals surface area (Å²) in [5.41, 5.74) is 7.69. The molecule has 0 radical (unpaired) electrons. The minimum atomic E-state index is -1.60. The Morgan fingerprint density at radius 3 is 2.46 bits per heavy atom. The highest BCUT2D eigenvalue weighted by Gasteiger charge is 2.30. The molecule has 1 heterocycles. The summed E-state index contributed by atoms with van der Waals surface area (Å²) in [5, 5.41) is 19.2. The largest absolute Gasteiger partial charge is 0.383 e.